The molecule has 1 unspecified atom stereocenters. The van der Waals surface area contributed by atoms with Gasteiger partial charge < -0.3 is 10.5 Å². The van der Waals surface area contributed by atoms with E-state index in [4.69, 9.17) is 10.5 Å². The molecule has 0 saturated heterocycles. The van der Waals surface area contributed by atoms with Gasteiger partial charge in [-0.15, -0.1) is 0 Å². The minimum Gasteiger partial charge on any atom is -0.473 e. The number of rotatable bonds is 3. The van der Waals surface area contributed by atoms with Crippen molar-refractivity contribution in [3.05, 3.63) is 11.1 Å². The van der Waals surface area contributed by atoms with Gasteiger partial charge >= 0.3 is 0 Å². The zero-order valence-electron chi connectivity index (χ0n) is 7.63. The van der Waals surface area contributed by atoms with Gasteiger partial charge in [-0.25, -0.2) is 4.98 Å². The summed E-state index contributed by atoms with van der Waals surface area (Å²) < 4.78 is 4.99. The van der Waals surface area contributed by atoms with Crippen molar-refractivity contribution in [2.45, 2.75) is 25.8 Å². The first kappa shape index (κ1) is 9.48. The Labute approximate surface area is 76.6 Å². The van der Waals surface area contributed by atoms with Crippen LogP contribution in [0.25, 0.3) is 0 Å². The normalized spacial score (nSPS) is 15.7. The fourth-order valence-electron chi connectivity index (χ4n) is 0.791. The Morgan fingerprint density at radius 2 is 2.42 bits per heavy atom. The summed E-state index contributed by atoms with van der Waals surface area (Å²) >= 11 is 1.51. The van der Waals surface area contributed by atoms with Gasteiger partial charge in [0.2, 0.25) is 0 Å². The van der Waals surface area contributed by atoms with Gasteiger partial charge in [-0.3, -0.25) is 0 Å². The highest BCUT2D eigenvalue weighted by Gasteiger charge is 2.21. The molecule has 0 aliphatic rings. The average Bonchev–Trinajstić information content (AvgIpc) is 2.52. The molecule has 68 valence electrons. The molecule has 0 amide bonds. The standard InChI is InChI=1S/C8H14N2OS/c1-4-8(2,9)6-5-10-7(11-3)12-6/h5H,4,9H2,1-3H3. The van der Waals surface area contributed by atoms with Crippen LogP contribution in [0.3, 0.4) is 0 Å². The van der Waals surface area contributed by atoms with Crippen LogP contribution < -0.4 is 10.5 Å². The summed E-state index contributed by atoms with van der Waals surface area (Å²) in [5, 5.41) is 0.676. The molecule has 2 N–H and O–H groups in total. The Balaban J connectivity index is 2.88. The Hall–Kier alpha value is -0.610. The molecule has 4 heteroatoms. The summed E-state index contributed by atoms with van der Waals surface area (Å²) in [6.45, 7) is 4.06. The third-order valence-electron chi connectivity index (χ3n) is 1.96. The lowest BCUT2D eigenvalue weighted by molar-refractivity contribution is 0.412. The topological polar surface area (TPSA) is 48.1 Å². The maximum atomic E-state index is 6.02. The Morgan fingerprint density at radius 1 is 1.75 bits per heavy atom. The zero-order valence-corrected chi connectivity index (χ0v) is 8.44. The molecule has 0 radical (unpaired) electrons. The molecule has 0 fully saturated rings. The van der Waals surface area contributed by atoms with E-state index in [9.17, 15) is 0 Å². The van der Waals surface area contributed by atoms with E-state index in [0.29, 0.717) is 5.19 Å². The maximum Gasteiger partial charge on any atom is 0.273 e. The van der Waals surface area contributed by atoms with Gasteiger partial charge in [-0.1, -0.05) is 18.3 Å². The summed E-state index contributed by atoms with van der Waals surface area (Å²) in [6, 6.07) is 0. The molecule has 1 heterocycles. The van der Waals surface area contributed by atoms with Gasteiger partial charge in [0, 0.05) is 16.6 Å². The number of aromatic nitrogens is 1. The zero-order chi connectivity index (χ0) is 9.19. The van der Waals surface area contributed by atoms with E-state index < -0.39 is 0 Å². The van der Waals surface area contributed by atoms with Crippen LogP contribution in [0.15, 0.2) is 6.20 Å². The van der Waals surface area contributed by atoms with Crippen molar-refractivity contribution in [3.8, 4) is 5.19 Å². The van der Waals surface area contributed by atoms with Crippen molar-refractivity contribution >= 4 is 11.3 Å². The molecular formula is C8H14N2OS. The molecule has 0 aliphatic heterocycles. The van der Waals surface area contributed by atoms with E-state index >= 15 is 0 Å². The first-order chi connectivity index (χ1) is 5.60. The molecule has 1 atom stereocenters. The van der Waals surface area contributed by atoms with E-state index in [-0.39, 0.29) is 5.54 Å². The van der Waals surface area contributed by atoms with Crippen LogP contribution in [0.2, 0.25) is 0 Å². The molecule has 1 aromatic heterocycles. The largest absolute Gasteiger partial charge is 0.473 e. The van der Waals surface area contributed by atoms with Gasteiger partial charge in [-0.05, 0) is 13.3 Å². The first-order valence-corrected chi connectivity index (χ1v) is 4.71. The summed E-state index contributed by atoms with van der Waals surface area (Å²) in [5.41, 5.74) is 5.75. The monoisotopic (exact) mass is 186 g/mol. The van der Waals surface area contributed by atoms with Crippen LogP contribution in [0, 0.1) is 0 Å². The van der Waals surface area contributed by atoms with Crippen molar-refractivity contribution in [3.63, 3.8) is 0 Å². The molecular weight excluding hydrogens is 172 g/mol. The second-order valence-electron chi connectivity index (χ2n) is 2.97. The van der Waals surface area contributed by atoms with Crippen LogP contribution >= 0.6 is 11.3 Å². The second-order valence-corrected chi connectivity index (χ2v) is 3.96. The summed E-state index contributed by atoms with van der Waals surface area (Å²) in [5.74, 6) is 0. The van der Waals surface area contributed by atoms with Crippen LogP contribution in [0.4, 0.5) is 0 Å². The predicted molar refractivity (Wildman–Crippen MR) is 50.5 cm³/mol. The average molecular weight is 186 g/mol. The van der Waals surface area contributed by atoms with Crippen LogP contribution in [-0.2, 0) is 5.54 Å². The molecule has 3 nitrogen and oxygen atoms in total. The number of ether oxygens (including phenoxy) is 1. The highest BCUT2D eigenvalue weighted by atomic mass is 32.1. The molecule has 1 aromatic rings. The minimum atomic E-state index is -0.269. The fraction of sp³-hybridized carbons (Fsp3) is 0.625. The number of hydrogen-bond donors (Lipinski definition) is 1. The highest BCUT2D eigenvalue weighted by Crippen LogP contribution is 2.30. The van der Waals surface area contributed by atoms with Crippen molar-refractivity contribution in [2.75, 3.05) is 7.11 Å². The quantitative estimate of drug-likeness (QED) is 0.782. The Morgan fingerprint density at radius 3 is 2.83 bits per heavy atom. The van der Waals surface area contributed by atoms with Crippen LogP contribution in [0.5, 0.6) is 5.19 Å². The van der Waals surface area contributed by atoms with E-state index in [0.717, 1.165) is 11.3 Å². The first-order valence-electron chi connectivity index (χ1n) is 3.89. The highest BCUT2D eigenvalue weighted by molar-refractivity contribution is 7.13. The van der Waals surface area contributed by atoms with Gasteiger partial charge in [0.15, 0.2) is 0 Å². The molecule has 0 aromatic carbocycles. The lowest BCUT2D eigenvalue weighted by Gasteiger charge is -2.19. The summed E-state index contributed by atoms with van der Waals surface area (Å²) in [4.78, 5) is 5.14. The second kappa shape index (κ2) is 3.41. The van der Waals surface area contributed by atoms with Gasteiger partial charge in [0.25, 0.3) is 5.19 Å². The van der Waals surface area contributed by atoms with E-state index in [1.54, 1.807) is 13.3 Å². The SMILES string of the molecule is CCC(C)(N)c1cnc(OC)s1. The molecule has 0 bridgehead atoms. The third-order valence-corrected chi connectivity index (χ3v) is 3.19. The summed E-state index contributed by atoms with van der Waals surface area (Å²) in [7, 11) is 1.61. The van der Waals surface area contributed by atoms with Crippen LogP contribution in [0.1, 0.15) is 25.1 Å². The predicted octanol–water partition coefficient (Wildman–Crippen LogP) is 1.74. The molecule has 0 aliphatic carbocycles. The molecule has 1 rings (SSSR count). The van der Waals surface area contributed by atoms with E-state index in [1.165, 1.54) is 11.3 Å². The molecule has 0 spiro atoms. The van der Waals surface area contributed by atoms with Crippen molar-refractivity contribution < 1.29 is 4.74 Å². The number of methoxy groups -OCH3 is 1. The maximum absolute atomic E-state index is 6.02. The van der Waals surface area contributed by atoms with Gasteiger partial charge in [0.05, 0.1) is 7.11 Å². The lowest BCUT2D eigenvalue weighted by Crippen LogP contribution is -2.30. The van der Waals surface area contributed by atoms with Gasteiger partial charge in [-0.2, -0.15) is 0 Å². The summed E-state index contributed by atoms with van der Waals surface area (Å²) in [6.07, 6.45) is 2.69. The fourth-order valence-corrected chi connectivity index (χ4v) is 1.65. The number of nitrogens with zero attached hydrogens (tertiary/aromatic N) is 1. The molecule has 12 heavy (non-hydrogen) atoms. The smallest absolute Gasteiger partial charge is 0.273 e. The Kier molecular flexibility index (Phi) is 2.69. The van der Waals surface area contributed by atoms with Crippen molar-refractivity contribution in [2.24, 2.45) is 5.73 Å². The third kappa shape index (κ3) is 1.76. The van der Waals surface area contributed by atoms with Crippen molar-refractivity contribution in [1.82, 2.24) is 4.98 Å². The number of thiazole rings is 1. The Bertz CT molecular complexity index is 257. The van der Waals surface area contributed by atoms with Gasteiger partial charge in [0.1, 0.15) is 0 Å². The number of nitrogens with two attached hydrogens (primary N) is 1. The lowest BCUT2D eigenvalue weighted by atomic mass is 9.99. The molecule has 0 saturated carbocycles. The van der Waals surface area contributed by atoms with E-state index in [1.807, 2.05) is 6.92 Å². The van der Waals surface area contributed by atoms with Crippen LogP contribution in [-0.4, -0.2) is 12.1 Å². The van der Waals surface area contributed by atoms with Crippen molar-refractivity contribution in [1.29, 1.82) is 0 Å². The van der Waals surface area contributed by atoms with E-state index in [2.05, 4.69) is 11.9 Å². The number of hydrogen-bond acceptors (Lipinski definition) is 4. The minimum absolute atomic E-state index is 0.269.